The lowest BCUT2D eigenvalue weighted by Gasteiger charge is -2.40. The lowest BCUT2D eigenvalue weighted by Crippen LogP contribution is -2.58. The third-order valence-corrected chi connectivity index (χ3v) is 3.23. The minimum absolute atomic E-state index is 0.149. The van der Waals surface area contributed by atoms with Gasteiger partial charge in [0.15, 0.2) is 0 Å². The van der Waals surface area contributed by atoms with Crippen LogP contribution in [-0.2, 0) is 14.3 Å². The van der Waals surface area contributed by atoms with Crippen LogP contribution in [0.15, 0.2) is 0 Å². The van der Waals surface area contributed by atoms with E-state index in [0.29, 0.717) is 0 Å². The van der Waals surface area contributed by atoms with Gasteiger partial charge in [-0.1, -0.05) is 0 Å². The van der Waals surface area contributed by atoms with Crippen molar-refractivity contribution < 1.29 is 27.5 Å². The number of amides is 2. The van der Waals surface area contributed by atoms with Crippen molar-refractivity contribution in [2.75, 3.05) is 13.2 Å². The summed E-state index contributed by atoms with van der Waals surface area (Å²) in [5.41, 5.74) is 0. The molecule has 21 heavy (non-hydrogen) atoms. The highest BCUT2D eigenvalue weighted by molar-refractivity contribution is 5.78. The molecule has 1 aliphatic heterocycles. The van der Waals surface area contributed by atoms with Gasteiger partial charge in [-0.3, -0.25) is 9.59 Å². The van der Waals surface area contributed by atoms with E-state index in [2.05, 4.69) is 5.32 Å². The third kappa shape index (κ3) is 5.53. The summed E-state index contributed by atoms with van der Waals surface area (Å²) in [4.78, 5) is 23.8. The van der Waals surface area contributed by atoms with E-state index in [1.54, 1.807) is 13.8 Å². The van der Waals surface area contributed by atoms with Crippen LogP contribution in [0.3, 0.4) is 0 Å². The van der Waals surface area contributed by atoms with Gasteiger partial charge in [0.25, 0.3) is 0 Å². The zero-order valence-corrected chi connectivity index (χ0v) is 12.4. The highest BCUT2D eigenvalue weighted by atomic mass is 19.4. The summed E-state index contributed by atoms with van der Waals surface area (Å²) in [5.74, 6) is -1.03. The summed E-state index contributed by atoms with van der Waals surface area (Å²) in [6.07, 6.45) is -4.75. The topological polar surface area (TPSA) is 58.6 Å². The van der Waals surface area contributed by atoms with Gasteiger partial charge < -0.3 is 15.0 Å². The lowest BCUT2D eigenvalue weighted by molar-refractivity contribution is -0.199. The second-order valence-electron chi connectivity index (χ2n) is 5.44. The molecule has 0 aromatic rings. The maximum atomic E-state index is 13.0. The van der Waals surface area contributed by atoms with E-state index >= 15 is 0 Å². The summed E-state index contributed by atoms with van der Waals surface area (Å²) >= 11 is 0. The fraction of sp³-hybridized carbons (Fsp3) is 0.846. The minimum Gasteiger partial charge on any atom is -0.369 e. The van der Waals surface area contributed by atoms with Crippen molar-refractivity contribution in [3.63, 3.8) is 0 Å². The molecule has 1 rings (SSSR count). The molecule has 2 amide bonds. The lowest BCUT2D eigenvalue weighted by atomic mass is 9.97. The van der Waals surface area contributed by atoms with Crippen LogP contribution in [0.2, 0.25) is 0 Å². The highest BCUT2D eigenvalue weighted by Crippen LogP contribution is 2.32. The zero-order chi connectivity index (χ0) is 16.2. The van der Waals surface area contributed by atoms with Gasteiger partial charge in [-0.05, 0) is 26.7 Å². The Balaban J connectivity index is 2.78. The average molecular weight is 310 g/mol. The summed E-state index contributed by atoms with van der Waals surface area (Å²) < 4.78 is 44.1. The van der Waals surface area contributed by atoms with E-state index < -0.39 is 30.8 Å². The molecular formula is C13H21F3N2O3. The molecule has 0 bridgehead atoms. The first-order chi connectivity index (χ1) is 9.61. The number of halogens is 3. The second-order valence-corrected chi connectivity index (χ2v) is 5.44. The number of rotatable bonds is 4. The number of nitrogens with one attached hydrogen (secondary N) is 1. The Kier molecular flexibility index (Phi) is 6.00. The van der Waals surface area contributed by atoms with Crippen molar-refractivity contribution in [1.82, 2.24) is 10.2 Å². The fourth-order valence-corrected chi connectivity index (χ4v) is 2.31. The van der Waals surface area contributed by atoms with Crippen LogP contribution in [-0.4, -0.2) is 54.2 Å². The Labute approximate surface area is 121 Å². The monoisotopic (exact) mass is 310 g/mol. The highest BCUT2D eigenvalue weighted by Gasteiger charge is 2.48. The molecular weight excluding hydrogens is 289 g/mol. The Morgan fingerprint density at radius 2 is 1.95 bits per heavy atom. The van der Waals surface area contributed by atoms with E-state index in [4.69, 9.17) is 4.74 Å². The average Bonchev–Trinajstić information content (AvgIpc) is 2.33. The van der Waals surface area contributed by atoms with Crippen LogP contribution in [0.25, 0.3) is 0 Å². The number of nitrogens with zero attached hydrogens (tertiary/aromatic N) is 1. The summed E-state index contributed by atoms with van der Waals surface area (Å²) in [7, 11) is 0. The normalized spacial score (nSPS) is 23.3. The zero-order valence-electron chi connectivity index (χ0n) is 12.4. The standard InChI is InChI=1S/C13H21F3N2O3/c1-8(2)21-7-12(20)18-6-10(17-9(3)19)4-5-11(18)13(14,15)16/h8,10-11H,4-7H2,1-3H3,(H,17,19)/t10-,11+/m0/s1. The number of hydrogen-bond donors (Lipinski definition) is 1. The van der Waals surface area contributed by atoms with Crippen LogP contribution >= 0.6 is 0 Å². The molecule has 0 saturated carbocycles. The number of alkyl halides is 3. The number of piperidine rings is 1. The number of ether oxygens (including phenoxy) is 1. The molecule has 1 saturated heterocycles. The third-order valence-electron chi connectivity index (χ3n) is 3.23. The first-order valence-corrected chi connectivity index (χ1v) is 6.86. The fourth-order valence-electron chi connectivity index (χ4n) is 2.31. The molecule has 8 heteroatoms. The van der Waals surface area contributed by atoms with Gasteiger partial charge in [-0.15, -0.1) is 0 Å². The molecule has 0 aromatic heterocycles. The molecule has 2 atom stereocenters. The van der Waals surface area contributed by atoms with Gasteiger partial charge in [0.2, 0.25) is 11.8 Å². The van der Waals surface area contributed by atoms with Crippen LogP contribution in [0.5, 0.6) is 0 Å². The van der Waals surface area contributed by atoms with Crippen molar-refractivity contribution in [2.24, 2.45) is 0 Å². The van der Waals surface area contributed by atoms with Crippen molar-refractivity contribution in [3.05, 3.63) is 0 Å². The molecule has 0 aliphatic carbocycles. The molecule has 1 aliphatic rings. The Morgan fingerprint density at radius 1 is 1.33 bits per heavy atom. The Bertz CT molecular complexity index is 385. The van der Waals surface area contributed by atoms with Crippen LogP contribution in [0.4, 0.5) is 13.2 Å². The maximum Gasteiger partial charge on any atom is 0.408 e. The van der Waals surface area contributed by atoms with Gasteiger partial charge >= 0.3 is 6.18 Å². The number of carbonyl (C=O) groups excluding carboxylic acids is 2. The molecule has 1 fully saturated rings. The smallest absolute Gasteiger partial charge is 0.369 e. The van der Waals surface area contributed by atoms with Crippen molar-refractivity contribution in [1.29, 1.82) is 0 Å². The van der Waals surface area contributed by atoms with Gasteiger partial charge in [0, 0.05) is 19.5 Å². The molecule has 122 valence electrons. The maximum absolute atomic E-state index is 13.0. The van der Waals surface area contributed by atoms with E-state index in [1.807, 2.05) is 0 Å². The first kappa shape index (κ1) is 17.7. The number of likely N-dealkylation sites (tertiary alicyclic amines) is 1. The van der Waals surface area contributed by atoms with Crippen LogP contribution in [0.1, 0.15) is 33.6 Å². The Hall–Kier alpha value is -1.31. The second kappa shape index (κ2) is 7.11. The molecule has 0 spiro atoms. The van der Waals surface area contributed by atoms with Gasteiger partial charge in [-0.25, -0.2) is 0 Å². The molecule has 0 aromatic carbocycles. The minimum atomic E-state index is -4.48. The van der Waals surface area contributed by atoms with Crippen LogP contribution in [0, 0.1) is 0 Å². The SMILES string of the molecule is CC(=O)N[C@H]1CC[C@H](C(F)(F)F)N(C(=O)COC(C)C)C1. The summed E-state index contributed by atoms with van der Waals surface area (Å²) in [6, 6.07) is -2.27. The summed E-state index contributed by atoms with van der Waals surface area (Å²) in [5, 5.41) is 2.56. The number of hydrogen-bond acceptors (Lipinski definition) is 3. The van der Waals surface area contributed by atoms with E-state index in [9.17, 15) is 22.8 Å². The van der Waals surface area contributed by atoms with Crippen molar-refractivity contribution in [3.8, 4) is 0 Å². The van der Waals surface area contributed by atoms with E-state index in [0.717, 1.165) is 4.90 Å². The van der Waals surface area contributed by atoms with E-state index in [-0.39, 0.29) is 31.4 Å². The predicted octanol–water partition coefficient (Wildman–Crippen LogP) is 1.47. The molecule has 0 unspecified atom stereocenters. The molecule has 1 heterocycles. The van der Waals surface area contributed by atoms with Crippen molar-refractivity contribution in [2.45, 2.75) is 58.0 Å². The van der Waals surface area contributed by atoms with Crippen molar-refractivity contribution >= 4 is 11.8 Å². The molecule has 1 N–H and O–H groups in total. The summed E-state index contributed by atoms with van der Waals surface area (Å²) in [6.45, 7) is 4.15. The predicted molar refractivity (Wildman–Crippen MR) is 69.5 cm³/mol. The van der Waals surface area contributed by atoms with Gasteiger partial charge in [0.05, 0.1) is 6.10 Å². The first-order valence-electron chi connectivity index (χ1n) is 6.86. The number of carbonyl (C=O) groups is 2. The largest absolute Gasteiger partial charge is 0.408 e. The van der Waals surface area contributed by atoms with Gasteiger partial charge in [-0.2, -0.15) is 13.2 Å². The van der Waals surface area contributed by atoms with E-state index in [1.165, 1.54) is 6.92 Å². The Morgan fingerprint density at radius 3 is 2.43 bits per heavy atom. The van der Waals surface area contributed by atoms with Crippen LogP contribution < -0.4 is 5.32 Å². The van der Waals surface area contributed by atoms with Gasteiger partial charge in [0.1, 0.15) is 12.6 Å². The quantitative estimate of drug-likeness (QED) is 0.855. The molecule has 0 radical (unpaired) electrons. The molecule has 5 nitrogen and oxygen atoms in total.